The molecule has 0 spiro atoms. The van der Waals surface area contributed by atoms with E-state index in [1.165, 1.54) is 12.6 Å². The first-order chi connectivity index (χ1) is 16.1. The van der Waals surface area contributed by atoms with Crippen molar-refractivity contribution in [1.29, 1.82) is 0 Å². The van der Waals surface area contributed by atoms with Gasteiger partial charge >= 0.3 is 5.97 Å². The topological polar surface area (TPSA) is 53.0 Å². The number of hydrogen-bond acceptors (Lipinski definition) is 5. The van der Waals surface area contributed by atoms with E-state index in [1.54, 1.807) is 0 Å². The van der Waals surface area contributed by atoms with Crippen LogP contribution in [0.3, 0.4) is 0 Å². The molecule has 0 radical (unpaired) electrons. The van der Waals surface area contributed by atoms with E-state index in [1.807, 2.05) is 13.8 Å². The Bertz CT molecular complexity index is 926. The lowest BCUT2D eigenvalue weighted by atomic mass is 9.57. The molecule has 0 bridgehead atoms. The zero-order chi connectivity index (χ0) is 24.6. The highest BCUT2D eigenvalue weighted by atomic mass is 35.5. The monoisotopic (exact) mass is 488 g/mol. The minimum Gasteiger partial charge on any atom is -0.458 e. The molecule has 0 amide bonds. The Hall–Kier alpha value is -1.56. The summed E-state index contributed by atoms with van der Waals surface area (Å²) >= 11 is 6.35. The SMILES string of the molecule is CC(=O)O[C@@H]1C[C@@]2(O)[C@H](C)CC[C@@H]([C@H](C)CN3CCN(c4ccc(C)c(Cl)c4)CC3)[C@H]2C=C1C. The third kappa shape index (κ3) is 5.17. The van der Waals surface area contributed by atoms with Crippen molar-refractivity contribution >= 4 is 23.3 Å². The molecule has 6 heteroatoms. The van der Waals surface area contributed by atoms with E-state index in [2.05, 4.69) is 47.9 Å². The molecule has 1 N–H and O–H groups in total. The highest BCUT2D eigenvalue weighted by Crippen LogP contribution is 2.51. The second-order valence-electron chi connectivity index (χ2n) is 11.1. The third-order valence-electron chi connectivity index (χ3n) is 8.77. The first kappa shape index (κ1) is 25.5. The van der Waals surface area contributed by atoms with Crippen molar-refractivity contribution in [2.24, 2.45) is 23.7 Å². The molecule has 1 saturated heterocycles. The second-order valence-corrected chi connectivity index (χ2v) is 11.5. The summed E-state index contributed by atoms with van der Waals surface area (Å²) in [7, 11) is 0. The number of aryl methyl sites for hydroxylation is 1. The maximum absolute atomic E-state index is 11.8. The molecule has 2 fully saturated rings. The van der Waals surface area contributed by atoms with Gasteiger partial charge in [0, 0.05) is 62.7 Å². The predicted octanol–water partition coefficient (Wildman–Crippen LogP) is 5.08. The zero-order valence-corrected chi connectivity index (χ0v) is 22.1. The molecule has 4 rings (SSSR count). The minimum absolute atomic E-state index is 0.119. The van der Waals surface area contributed by atoms with Crippen LogP contribution in [0.4, 0.5) is 5.69 Å². The molecular formula is C28H41ClN2O3. The number of ether oxygens (including phenoxy) is 1. The quantitative estimate of drug-likeness (QED) is 0.462. The fourth-order valence-corrected chi connectivity index (χ4v) is 6.68. The van der Waals surface area contributed by atoms with Crippen LogP contribution in [0.1, 0.15) is 52.5 Å². The number of fused-ring (bicyclic) bond motifs is 1. The van der Waals surface area contributed by atoms with Crippen LogP contribution in [0.15, 0.2) is 29.8 Å². The van der Waals surface area contributed by atoms with E-state index in [0.717, 1.165) is 61.7 Å². The van der Waals surface area contributed by atoms with Crippen LogP contribution in [0.5, 0.6) is 0 Å². The molecule has 0 aromatic heterocycles. The van der Waals surface area contributed by atoms with Crippen molar-refractivity contribution in [2.45, 2.75) is 65.6 Å². The van der Waals surface area contributed by atoms with Gasteiger partial charge in [0.1, 0.15) is 6.10 Å². The van der Waals surface area contributed by atoms with Crippen molar-refractivity contribution in [1.82, 2.24) is 4.90 Å². The van der Waals surface area contributed by atoms with Gasteiger partial charge in [-0.05, 0) is 67.7 Å². The molecule has 0 unspecified atom stereocenters. The standard InChI is InChI=1S/C28H41ClN2O3/c1-18-6-8-23(15-26(18)29)31-12-10-30(11-13-31)17-20(3)24-9-7-21(4)28(33)16-27(34-22(5)32)19(2)14-25(24)28/h6,8,14-15,20-21,24-25,27,33H,7,9-13,16-17H2,1-5H3/t20-,21-,24+,25-,27-,28-/m1/s1. The van der Waals surface area contributed by atoms with Gasteiger partial charge in [0.2, 0.25) is 0 Å². The number of rotatable bonds is 5. The Kier molecular flexibility index (Phi) is 7.66. The lowest BCUT2D eigenvalue weighted by molar-refractivity contribution is -0.159. The second kappa shape index (κ2) is 10.2. The van der Waals surface area contributed by atoms with E-state index in [9.17, 15) is 9.90 Å². The van der Waals surface area contributed by atoms with E-state index in [-0.39, 0.29) is 23.9 Å². The number of halogens is 1. The summed E-state index contributed by atoms with van der Waals surface area (Å²) in [6.45, 7) is 15.2. The van der Waals surface area contributed by atoms with E-state index in [0.29, 0.717) is 18.3 Å². The van der Waals surface area contributed by atoms with Gasteiger partial charge in [-0.1, -0.05) is 37.6 Å². The van der Waals surface area contributed by atoms with Crippen LogP contribution in [0.25, 0.3) is 0 Å². The fraction of sp³-hybridized carbons (Fsp3) is 0.679. The molecule has 3 aliphatic rings. The number of nitrogens with zero attached hydrogens (tertiary/aromatic N) is 2. The number of piperazine rings is 1. The van der Waals surface area contributed by atoms with Gasteiger partial charge in [0.15, 0.2) is 0 Å². The number of carbonyl (C=O) groups is 1. The third-order valence-corrected chi connectivity index (χ3v) is 9.17. The Morgan fingerprint density at radius 2 is 1.94 bits per heavy atom. The van der Waals surface area contributed by atoms with Crippen molar-refractivity contribution in [2.75, 3.05) is 37.6 Å². The fourth-order valence-electron chi connectivity index (χ4n) is 6.51. The van der Waals surface area contributed by atoms with E-state index < -0.39 is 5.60 Å². The van der Waals surface area contributed by atoms with Gasteiger partial charge in [0.05, 0.1) is 5.60 Å². The Balaban J connectivity index is 1.40. The molecule has 1 aliphatic heterocycles. The predicted molar refractivity (Wildman–Crippen MR) is 138 cm³/mol. The van der Waals surface area contributed by atoms with Gasteiger partial charge in [-0.3, -0.25) is 9.69 Å². The summed E-state index contributed by atoms with van der Waals surface area (Å²) < 4.78 is 5.56. The summed E-state index contributed by atoms with van der Waals surface area (Å²) in [4.78, 5) is 16.6. The first-order valence-electron chi connectivity index (χ1n) is 12.9. The minimum atomic E-state index is -0.805. The van der Waals surface area contributed by atoms with Gasteiger partial charge in [0.25, 0.3) is 0 Å². The van der Waals surface area contributed by atoms with Crippen LogP contribution in [0, 0.1) is 30.6 Å². The average Bonchev–Trinajstić information content (AvgIpc) is 2.78. The molecule has 5 nitrogen and oxygen atoms in total. The summed E-state index contributed by atoms with van der Waals surface area (Å²) in [6.07, 6.45) is 4.59. The van der Waals surface area contributed by atoms with Gasteiger partial charge < -0.3 is 14.7 Å². The molecule has 34 heavy (non-hydrogen) atoms. The number of aliphatic hydroxyl groups is 1. The lowest BCUT2D eigenvalue weighted by Gasteiger charge is -2.53. The van der Waals surface area contributed by atoms with Crippen LogP contribution >= 0.6 is 11.6 Å². The molecule has 2 aliphatic carbocycles. The molecule has 6 atom stereocenters. The van der Waals surface area contributed by atoms with Crippen LogP contribution in [-0.4, -0.2) is 60.4 Å². The van der Waals surface area contributed by atoms with Gasteiger partial charge in [-0.2, -0.15) is 0 Å². The lowest BCUT2D eigenvalue weighted by Crippen LogP contribution is -2.56. The first-order valence-corrected chi connectivity index (χ1v) is 13.3. The van der Waals surface area contributed by atoms with Crippen LogP contribution in [-0.2, 0) is 9.53 Å². The van der Waals surface area contributed by atoms with Crippen LogP contribution in [0.2, 0.25) is 5.02 Å². The highest BCUT2D eigenvalue weighted by Gasteiger charge is 2.52. The van der Waals surface area contributed by atoms with E-state index in [4.69, 9.17) is 16.3 Å². The summed E-state index contributed by atoms with van der Waals surface area (Å²) in [6, 6.07) is 6.35. The Morgan fingerprint density at radius 1 is 1.24 bits per heavy atom. The summed E-state index contributed by atoms with van der Waals surface area (Å²) in [5.74, 6) is 0.963. The maximum Gasteiger partial charge on any atom is 0.303 e. The maximum atomic E-state index is 11.8. The van der Waals surface area contributed by atoms with Crippen LogP contribution < -0.4 is 4.90 Å². The smallest absolute Gasteiger partial charge is 0.303 e. The Morgan fingerprint density at radius 3 is 2.59 bits per heavy atom. The molecule has 1 aromatic rings. The van der Waals surface area contributed by atoms with Crippen molar-refractivity contribution in [3.63, 3.8) is 0 Å². The Labute approximate surface area is 210 Å². The average molecular weight is 489 g/mol. The summed E-state index contributed by atoms with van der Waals surface area (Å²) in [5.41, 5.74) is 2.60. The molecule has 188 valence electrons. The molecule has 1 aromatic carbocycles. The molecule has 1 saturated carbocycles. The zero-order valence-electron chi connectivity index (χ0n) is 21.4. The molecular weight excluding hydrogens is 448 g/mol. The highest BCUT2D eigenvalue weighted by molar-refractivity contribution is 6.31. The number of hydrogen-bond donors (Lipinski definition) is 1. The largest absolute Gasteiger partial charge is 0.458 e. The van der Waals surface area contributed by atoms with Crippen molar-refractivity contribution in [3.8, 4) is 0 Å². The summed E-state index contributed by atoms with van der Waals surface area (Å²) in [5, 5.41) is 12.7. The molecule has 1 heterocycles. The van der Waals surface area contributed by atoms with Crippen molar-refractivity contribution < 1.29 is 14.6 Å². The van der Waals surface area contributed by atoms with Gasteiger partial charge in [-0.15, -0.1) is 0 Å². The normalized spacial score (nSPS) is 33.1. The number of esters is 1. The van der Waals surface area contributed by atoms with Crippen molar-refractivity contribution in [3.05, 3.63) is 40.4 Å². The number of carbonyl (C=O) groups excluding carboxylic acids is 1. The number of anilines is 1. The van der Waals surface area contributed by atoms with E-state index >= 15 is 0 Å². The number of benzene rings is 1. The van der Waals surface area contributed by atoms with Gasteiger partial charge in [-0.25, -0.2) is 0 Å².